The van der Waals surface area contributed by atoms with Crippen molar-refractivity contribution in [3.05, 3.63) is 33.9 Å². The van der Waals surface area contributed by atoms with E-state index in [-0.39, 0.29) is 28.7 Å². The van der Waals surface area contributed by atoms with Crippen LogP contribution in [0.4, 0.5) is 18.9 Å². The second kappa shape index (κ2) is 7.25. The van der Waals surface area contributed by atoms with Crippen LogP contribution in [0, 0.1) is 5.82 Å². The lowest BCUT2D eigenvalue weighted by molar-refractivity contribution is -0.0489. The molecule has 10 heteroatoms. The third-order valence-corrected chi connectivity index (χ3v) is 5.36. The lowest BCUT2D eigenvalue weighted by Crippen LogP contribution is -2.50. The van der Waals surface area contributed by atoms with Gasteiger partial charge in [0.1, 0.15) is 11.3 Å². The Morgan fingerprint density at radius 1 is 1.38 bits per heavy atom. The van der Waals surface area contributed by atoms with Gasteiger partial charge in [-0.15, -0.1) is 0 Å². The van der Waals surface area contributed by atoms with E-state index in [1.165, 1.54) is 4.57 Å². The quantitative estimate of drug-likeness (QED) is 0.787. The molecule has 1 saturated heterocycles. The number of fused-ring (bicyclic) bond motifs is 1. The number of nitrogens with zero attached hydrogens (tertiary/aromatic N) is 2. The van der Waals surface area contributed by atoms with Gasteiger partial charge in [-0.3, -0.25) is 4.79 Å². The molecule has 1 aromatic carbocycles. The molecule has 156 valence electrons. The van der Waals surface area contributed by atoms with Gasteiger partial charge in [0.2, 0.25) is 5.43 Å². The number of carboxylic acids is 1. The second-order valence-electron chi connectivity index (χ2n) is 7.37. The molecule has 0 radical (unpaired) electrons. The summed E-state index contributed by atoms with van der Waals surface area (Å²) >= 11 is 0. The Labute approximate surface area is 163 Å². The summed E-state index contributed by atoms with van der Waals surface area (Å²) in [6.07, 6.45) is 2.54. The van der Waals surface area contributed by atoms with Crippen LogP contribution in [0.1, 0.15) is 36.2 Å². The lowest BCUT2D eigenvalue weighted by atomic mass is 10.1. The smallest absolute Gasteiger partial charge is 0.387 e. The predicted octanol–water partition coefficient (Wildman–Crippen LogP) is 2.57. The molecule has 0 bridgehead atoms. The average molecular weight is 411 g/mol. The molecule has 1 unspecified atom stereocenters. The summed E-state index contributed by atoms with van der Waals surface area (Å²) in [4.78, 5) is 25.8. The maximum absolute atomic E-state index is 15.2. The molecule has 7 nitrogen and oxygen atoms in total. The van der Waals surface area contributed by atoms with Crippen molar-refractivity contribution in [2.24, 2.45) is 0 Å². The molecular formula is C19H20F3N3O4. The molecule has 0 spiro atoms. The van der Waals surface area contributed by atoms with Crippen LogP contribution in [0.2, 0.25) is 0 Å². The third kappa shape index (κ3) is 3.41. The summed E-state index contributed by atoms with van der Waals surface area (Å²) in [6.45, 7) is 0.00869. The number of rotatable bonds is 5. The molecule has 1 saturated carbocycles. The number of nitrogens with one attached hydrogen (secondary N) is 1. The Morgan fingerprint density at radius 2 is 2.10 bits per heavy atom. The fourth-order valence-electron chi connectivity index (χ4n) is 3.88. The SMILES string of the molecule is CC1CNCCN1c1c(F)cc2c(=O)c(C(=O)O)cn(C3CC3)c2c1OC(F)F. The minimum Gasteiger partial charge on any atom is -0.477 e. The van der Waals surface area contributed by atoms with Gasteiger partial charge in [-0.2, -0.15) is 8.78 Å². The van der Waals surface area contributed by atoms with Crippen LogP contribution in [-0.2, 0) is 0 Å². The van der Waals surface area contributed by atoms with Gasteiger partial charge < -0.3 is 24.6 Å². The van der Waals surface area contributed by atoms with Gasteiger partial charge >= 0.3 is 12.6 Å². The molecule has 2 N–H and O–H groups in total. The predicted molar refractivity (Wildman–Crippen MR) is 99.7 cm³/mol. The summed E-state index contributed by atoms with van der Waals surface area (Å²) < 4.78 is 48.1. The number of carbonyl (C=O) groups is 1. The number of aromatic carboxylic acids is 1. The van der Waals surface area contributed by atoms with Crippen molar-refractivity contribution in [3.63, 3.8) is 0 Å². The normalized spacial score (nSPS) is 19.8. The molecule has 0 amide bonds. The Balaban J connectivity index is 2.08. The van der Waals surface area contributed by atoms with Crippen molar-refractivity contribution in [1.29, 1.82) is 0 Å². The van der Waals surface area contributed by atoms with Gasteiger partial charge in [0.15, 0.2) is 11.6 Å². The lowest BCUT2D eigenvalue weighted by Gasteiger charge is -2.37. The van der Waals surface area contributed by atoms with Crippen molar-refractivity contribution in [1.82, 2.24) is 9.88 Å². The van der Waals surface area contributed by atoms with Crippen LogP contribution in [0.5, 0.6) is 5.75 Å². The van der Waals surface area contributed by atoms with Crippen LogP contribution >= 0.6 is 0 Å². The zero-order valence-electron chi connectivity index (χ0n) is 15.6. The van der Waals surface area contributed by atoms with E-state index in [9.17, 15) is 23.5 Å². The number of benzene rings is 1. The topological polar surface area (TPSA) is 83.8 Å². The highest BCUT2D eigenvalue weighted by Crippen LogP contribution is 2.44. The standard InChI is InChI=1S/C19H20F3N3O4/c1-9-7-23-4-5-24(9)15-13(20)6-11-14(17(15)29-19(21)22)25(10-2-3-10)8-12(16(11)26)18(27)28/h6,8-10,19,23H,2-5,7H2,1H3,(H,27,28). The van der Waals surface area contributed by atoms with Crippen molar-refractivity contribution >= 4 is 22.6 Å². The zero-order chi connectivity index (χ0) is 20.9. The largest absolute Gasteiger partial charge is 0.477 e. The number of halogens is 3. The second-order valence-corrected chi connectivity index (χ2v) is 7.37. The van der Waals surface area contributed by atoms with E-state index in [0.29, 0.717) is 32.5 Å². The maximum Gasteiger partial charge on any atom is 0.387 e. The molecule has 4 rings (SSSR count). The Morgan fingerprint density at radius 3 is 2.69 bits per heavy atom. The molecule has 1 aliphatic carbocycles. The van der Waals surface area contributed by atoms with Gasteiger partial charge in [-0.05, 0) is 25.8 Å². The highest BCUT2D eigenvalue weighted by Gasteiger charge is 2.33. The molecule has 1 atom stereocenters. The van der Waals surface area contributed by atoms with Crippen LogP contribution in [0.15, 0.2) is 17.1 Å². The highest BCUT2D eigenvalue weighted by atomic mass is 19.3. The molecule has 2 aromatic rings. The minimum atomic E-state index is -3.24. The molecule has 2 aliphatic rings. The Kier molecular flexibility index (Phi) is 4.89. The number of ether oxygens (including phenoxy) is 1. The molecular weight excluding hydrogens is 391 g/mol. The van der Waals surface area contributed by atoms with Crippen molar-refractivity contribution in [2.75, 3.05) is 24.5 Å². The average Bonchev–Trinajstić information content (AvgIpc) is 3.48. The summed E-state index contributed by atoms with van der Waals surface area (Å²) in [5, 5.41) is 12.2. The van der Waals surface area contributed by atoms with Gasteiger partial charge in [0.05, 0.1) is 10.9 Å². The van der Waals surface area contributed by atoms with Crippen LogP contribution in [0.3, 0.4) is 0 Å². The monoisotopic (exact) mass is 411 g/mol. The molecule has 2 heterocycles. The van der Waals surface area contributed by atoms with Gasteiger partial charge in [-0.1, -0.05) is 0 Å². The summed E-state index contributed by atoms with van der Waals surface area (Å²) in [5.74, 6) is -2.78. The Bertz CT molecular complexity index is 1040. The summed E-state index contributed by atoms with van der Waals surface area (Å²) in [5.41, 5.74) is -1.59. The van der Waals surface area contributed by atoms with E-state index in [1.807, 2.05) is 6.92 Å². The number of hydrogen-bond donors (Lipinski definition) is 2. The molecule has 29 heavy (non-hydrogen) atoms. The first-order valence-corrected chi connectivity index (χ1v) is 9.36. The first-order valence-electron chi connectivity index (χ1n) is 9.36. The maximum atomic E-state index is 15.2. The van der Waals surface area contributed by atoms with E-state index in [0.717, 1.165) is 12.3 Å². The van der Waals surface area contributed by atoms with E-state index >= 15 is 4.39 Å². The van der Waals surface area contributed by atoms with Crippen LogP contribution in [-0.4, -0.2) is 47.9 Å². The van der Waals surface area contributed by atoms with E-state index in [4.69, 9.17) is 4.74 Å². The molecule has 1 aliphatic heterocycles. The molecule has 2 fully saturated rings. The number of alkyl halides is 2. The van der Waals surface area contributed by atoms with Crippen molar-refractivity contribution in [3.8, 4) is 5.75 Å². The fourth-order valence-corrected chi connectivity index (χ4v) is 3.88. The minimum absolute atomic E-state index is 0.00457. The summed E-state index contributed by atoms with van der Waals surface area (Å²) in [7, 11) is 0. The number of hydrogen-bond acceptors (Lipinski definition) is 5. The Hall–Kier alpha value is -2.75. The van der Waals surface area contributed by atoms with Gasteiger partial charge in [0, 0.05) is 37.9 Å². The summed E-state index contributed by atoms with van der Waals surface area (Å²) in [6, 6.07) is 0.580. The zero-order valence-corrected chi connectivity index (χ0v) is 15.6. The van der Waals surface area contributed by atoms with Crippen LogP contribution < -0.4 is 20.4 Å². The number of anilines is 1. The number of aromatic nitrogens is 1. The third-order valence-electron chi connectivity index (χ3n) is 5.36. The number of piperazine rings is 1. The van der Waals surface area contributed by atoms with Gasteiger partial charge in [-0.25, -0.2) is 9.18 Å². The van der Waals surface area contributed by atoms with Crippen molar-refractivity contribution < 1.29 is 27.8 Å². The molecule has 1 aromatic heterocycles. The van der Waals surface area contributed by atoms with E-state index in [2.05, 4.69) is 5.32 Å². The van der Waals surface area contributed by atoms with Gasteiger partial charge in [0.25, 0.3) is 0 Å². The fraction of sp³-hybridized carbons (Fsp3) is 0.474. The first-order chi connectivity index (χ1) is 13.8. The number of carboxylic acid groups (broad SMARTS) is 1. The van der Waals surface area contributed by atoms with Crippen LogP contribution in [0.25, 0.3) is 10.9 Å². The van der Waals surface area contributed by atoms with Crippen molar-refractivity contribution in [2.45, 2.75) is 38.5 Å². The van der Waals surface area contributed by atoms with E-state index < -0.39 is 35.1 Å². The number of pyridine rings is 1. The first kappa shape index (κ1) is 19.6. The highest BCUT2D eigenvalue weighted by molar-refractivity contribution is 5.97. The van der Waals surface area contributed by atoms with E-state index in [1.54, 1.807) is 4.90 Å².